The van der Waals surface area contributed by atoms with Crippen LogP contribution in [-0.2, 0) is 14.5 Å². The average Bonchev–Trinajstić information content (AvgIpc) is 3.69. The minimum atomic E-state index is -4.61. The third-order valence-corrected chi connectivity index (χ3v) is 18.8. The van der Waals surface area contributed by atoms with Gasteiger partial charge in [0.1, 0.15) is 11.3 Å². The number of rotatable bonds is 14. The molecule has 374 valence electrons. The number of H-pyrrole nitrogens is 1. The Morgan fingerprint density at radius 2 is 1.79 bits per heavy atom. The fraction of sp³-hybridized carbons (Fsp3) is 0.451. The number of aromatic amines is 1. The van der Waals surface area contributed by atoms with Gasteiger partial charge in [-0.1, -0.05) is 43.2 Å². The van der Waals surface area contributed by atoms with E-state index in [1.165, 1.54) is 28.8 Å². The molecule has 4 aliphatic rings. The standard InChI is InChI=1S/C51H64ClN8O8PS/c1-34(2)68-69(64)26-16-35(17-27-69)32-54-44-13-11-41(30-46(44)60(62)63)70(65,66)56-49(61)42-12-10-40(29-45(42)59-20-5-25-67-50-47(59)28-37-15-19-53-48(37)55-50)58-23-21-57(22-24-58)33-38-14-18-51(3,4)31-43(38)36-6-8-39(52)9-7-36/h6-13,15,19,28-30,34-35,54,64,69H,5,14,16-18,20-27,31-33H2,1-4H3,(H,53,55)(H,56,61). The van der Waals surface area contributed by atoms with E-state index in [9.17, 15) is 28.2 Å². The summed E-state index contributed by atoms with van der Waals surface area (Å²) in [5.41, 5.74) is 6.81. The Morgan fingerprint density at radius 3 is 2.51 bits per heavy atom. The molecule has 0 atom stereocenters. The van der Waals surface area contributed by atoms with Gasteiger partial charge in [0.25, 0.3) is 0 Å². The van der Waals surface area contributed by atoms with Crippen LogP contribution in [0.15, 0.2) is 89.5 Å². The van der Waals surface area contributed by atoms with Gasteiger partial charge in [0.15, 0.2) is 0 Å². The zero-order valence-corrected chi connectivity index (χ0v) is 42.9. The Labute approximate surface area is 415 Å². The molecule has 1 aliphatic carbocycles. The molecule has 0 spiro atoms. The van der Waals surface area contributed by atoms with Crippen molar-refractivity contribution in [2.24, 2.45) is 11.3 Å². The number of carbonyl (C=O) groups excluding carboxylic acids is 1. The van der Waals surface area contributed by atoms with Crippen LogP contribution in [0.3, 0.4) is 0 Å². The van der Waals surface area contributed by atoms with Crippen molar-refractivity contribution in [3.8, 4) is 5.88 Å². The van der Waals surface area contributed by atoms with Crippen molar-refractivity contribution in [1.82, 2.24) is 19.6 Å². The number of carbonyl (C=O) groups is 1. The number of sulfonamides is 1. The van der Waals surface area contributed by atoms with Crippen molar-refractivity contribution in [2.45, 2.75) is 77.2 Å². The molecule has 0 saturated carbocycles. The zero-order valence-electron chi connectivity index (χ0n) is 40.3. The van der Waals surface area contributed by atoms with Gasteiger partial charge in [-0.05, 0) is 84.7 Å². The molecule has 3 aliphatic heterocycles. The SMILES string of the molecule is CC(C)O[PH]1(O)CCC(CNc2ccc(S(=O)(=O)NC(=O)c3ccc(N4CCN(CC5=C(c6ccc(Cl)cc6)CC(C)(C)CC5)CC4)cc3N3CCCOc4nc5[nH]ccc5cc43)cc2[N+](=O)[O-])CC1. The molecule has 2 saturated heterocycles. The Morgan fingerprint density at radius 1 is 1.03 bits per heavy atom. The first-order valence-corrected chi connectivity index (χ1v) is 28.5. The molecule has 16 nitrogen and oxygen atoms in total. The van der Waals surface area contributed by atoms with E-state index in [2.05, 4.69) is 50.8 Å². The number of hydrogen-bond donors (Lipinski definition) is 4. The normalized spacial score (nSPS) is 20.1. The van der Waals surface area contributed by atoms with E-state index >= 15 is 0 Å². The number of piperazine rings is 1. The minimum absolute atomic E-state index is 0.0611. The average molecular weight is 1020 g/mol. The number of nitrogens with one attached hydrogen (secondary N) is 3. The molecule has 2 fully saturated rings. The second-order valence-electron chi connectivity index (χ2n) is 20.3. The molecule has 5 aromatic rings. The van der Waals surface area contributed by atoms with Gasteiger partial charge in [-0.15, -0.1) is 0 Å². The molecule has 9 rings (SSSR count). The van der Waals surface area contributed by atoms with E-state index in [4.69, 9.17) is 25.8 Å². The van der Waals surface area contributed by atoms with Gasteiger partial charge < -0.3 is 19.5 Å². The monoisotopic (exact) mass is 1010 g/mol. The number of aromatic nitrogens is 2. The number of benzene rings is 3. The van der Waals surface area contributed by atoms with Crippen molar-refractivity contribution in [2.75, 3.05) is 79.9 Å². The van der Waals surface area contributed by atoms with Gasteiger partial charge in [-0.2, -0.15) is 4.98 Å². The summed E-state index contributed by atoms with van der Waals surface area (Å²) in [6, 6.07) is 21.1. The van der Waals surface area contributed by atoms with Crippen LogP contribution in [0.1, 0.15) is 82.1 Å². The molecular weight excluding hydrogens is 951 g/mol. The fourth-order valence-electron chi connectivity index (χ4n) is 10.4. The summed E-state index contributed by atoms with van der Waals surface area (Å²) in [6.45, 7) is 13.8. The Balaban J connectivity index is 0.956. The second kappa shape index (κ2) is 20.4. The van der Waals surface area contributed by atoms with Crippen molar-refractivity contribution < 1.29 is 32.3 Å². The first kappa shape index (κ1) is 49.7. The van der Waals surface area contributed by atoms with E-state index in [1.54, 1.807) is 12.3 Å². The number of halogens is 1. The van der Waals surface area contributed by atoms with Crippen LogP contribution in [-0.4, -0.2) is 110 Å². The maximum atomic E-state index is 14.5. The van der Waals surface area contributed by atoms with Crippen LogP contribution in [0, 0.1) is 21.4 Å². The van der Waals surface area contributed by atoms with Crippen LogP contribution < -0.4 is 24.6 Å². The molecule has 2 aromatic heterocycles. The topological polar surface area (TPSA) is 195 Å². The summed E-state index contributed by atoms with van der Waals surface area (Å²) in [5, 5.41) is 17.1. The second-order valence-corrected chi connectivity index (χ2v) is 25.5. The Kier molecular flexibility index (Phi) is 14.5. The molecule has 0 radical (unpaired) electrons. The number of pyridine rings is 1. The number of ether oxygens (including phenoxy) is 1. The third-order valence-electron chi connectivity index (χ3n) is 14.2. The van der Waals surface area contributed by atoms with Gasteiger partial charge in [-0.3, -0.25) is 9.69 Å². The summed E-state index contributed by atoms with van der Waals surface area (Å²) in [6.07, 6.45) is 8.10. The number of fused-ring (bicyclic) bond motifs is 2. The Hall–Kier alpha value is -5.29. The number of allylic oxidation sites excluding steroid dienone is 1. The number of nitrogens with zero attached hydrogens (tertiary/aromatic N) is 5. The first-order chi connectivity index (χ1) is 33.4. The van der Waals surface area contributed by atoms with Gasteiger partial charge in [0.05, 0.1) is 17.9 Å². The molecule has 3 aromatic carbocycles. The maximum absolute atomic E-state index is 14.5. The van der Waals surface area contributed by atoms with Crippen LogP contribution >= 0.6 is 19.3 Å². The van der Waals surface area contributed by atoms with Crippen molar-refractivity contribution >= 4 is 80.3 Å². The van der Waals surface area contributed by atoms with Gasteiger partial charge in [0, 0.05) is 61.6 Å². The van der Waals surface area contributed by atoms with Crippen LogP contribution in [0.5, 0.6) is 5.88 Å². The number of anilines is 4. The molecule has 70 heavy (non-hydrogen) atoms. The molecule has 0 bridgehead atoms. The summed E-state index contributed by atoms with van der Waals surface area (Å²) in [7, 11) is -7.38. The quantitative estimate of drug-likeness (QED) is 0.0467. The van der Waals surface area contributed by atoms with Gasteiger partial charge >= 0.3 is 159 Å². The van der Waals surface area contributed by atoms with Crippen molar-refractivity contribution in [3.63, 3.8) is 0 Å². The zero-order chi connectivity index (χ0) is 49.4. The summed E-state index contributed by atoms with van der Waals surface area (Å²) >= 11 is 6.28. The van der Waals surface area contributed by atoms with E-state index in [0.29, 0.717) is 74.2 Å². The summed E-state index contributed by atoms with van der Waals surface area (Å²) in [4.78, 5) is 51.4. The van der Waals surface area contributed by atoms with E-state index in [0.717, 1.165) is 74.1 Å². The predicted octanol–water partition coefficient (Wildman–Crippen LogP) is 9.77. The fourth-order valence-corrected chi connectivity index (χ4v) is 14.6. The predicted molar refractivity (Wildman–Crippen MR) is 280 cm³/mol. The first-order valence-electron chi connectivity index (χ1n) is 24.4. The summed E-state index contributed by atoms with van der Waals surface area (Å²) in [5.74, 6) is -0.353. The van der Waals surface area contributed by atoms with Crippen LogP contribution in [0.25, 0.3) is 16.6 Å². The van der Waals surface area contributed by atoms with E-state index < -0.39 is 39.2 Å². The van der Waals surface area contributed by atoms with E-state index in [1.807, 2.05) is 55.1 Å². The molecule has 1 amide bonds. The van der Waals surface area contributed by atoms with Crippen LogP contribution in [0.4, 0.5) is 28.4 Å². The number of hydrogen-bond acceptors (Lipinski definition) is 13. The molecule has 19 heteroatoms. The van der Waals surface area contributed by atoms with Gasteiger partial charge in [-0.25, -0.2) is 0 Å². The molecule has 0 unspecified atom stereocenters. The third kappa shape index (κ3) is 11.2. The number of nitro groups is 1. The molecule has 4 N–H and O–H groups in total. The van der Waals surface area contributed by atoms with Gasteiger partial charge in [0.2, 0.25) is 5.88 Å². The van der Waals surface area contributed by atoms with Crippen molar-refractivity contribution in [3.05, 3.63) is 111 Å². The number of amides is 1. The van der Waals surface area contributed by atoms with Crippen LogP contribution in [0.2, 0.25) is 5.02 Å². The van der Waals surface area contributed by atoms with E-state index in [-0.39, 0.29) is 28.7 Å². The van der Waals surface area contributed by atoms with Crippen molar-refractivity contribution in [1.29, 1.82) is 0 Å². The molecule has 5 heterocycles. The Bertz CT molecular complexity index is 2900. The molecular formula is C51H64ClN8O8PS. The number of nitro benzene ring substituents is 1. The summed E-state index contributed by atoms with van der Waals surface area (Å²) < 4.78 is 42.4.